The van der Waals surface area contributed by atoms with Gasteiger partial charge in [-0.25, -0.2) is 0 Å². The van der Waals surface area contributed by atoms with Gasteiger partial charge in [0.2, 0.25) is 5.82 Å². The van der Waals surface area contributed by atoms with Crippen LogP contribution in [-0.4, -0.2) is 17.3 Å². The van der Waals surface area contributed by atoms with E-state index >= 15 is 0 Å². The van der Waals surface area contributed by atoms with E-state index in [0.717, 1.165) is 16.7 Å². The highest BCUT2D eigenvalue weighted by molar-refractivity contribution is 5.74. The van der Waals surface area contributed by atoms with Crippen LogP contribution in [-0.2, 0) is 4.74 Å². The molecule has 0 fully saturated rings. The number of aryl methyl sites for hydroxylation is 2. The second kappa shape index (κ2) is 4.78. The van der Waals surface area contributed by atoms with Crippen LogP contribution in [0.15, 0.2) is 16.7 Å². The number of hydrogen-bond acceptors (Lipinski definition) is 5. The Morgan fingerprint density at radius 2 is 2.06 bits per heavy atom. The molecule has 0 saturated heterocycles. The van der Waals surface area contributed by atoms with Gasteiger partial charge in [0, 0.05) is 12.8 Å². The molecule has 1 unspecified atom stereocenters. The van der Waals surface area contributed by atoms with Crippen LogP contribution in [0.3, 0.4) is 0 Å². The van der Waals surface area contributed by atoms with E-state index in [4.69, 9.17) is 15.0 Å². The van der Waals surface area contributed by atoms with Crippen molar-refractivity contribution in [2.75, 3.05) is 12.8 Å². The first kappa shape index (κ1) is 12.6. The number of aromatic nitrogens is 2. The standard InChI is InChI=1S/C13H17N3O2/c1-7-5-8(2)11(14)10(6-7)13-15-12(16-18-13)9(3)17-4/h5-6,9H,14H2,1-4H3. The molecule has 0 bridgehead atoms. The molecule has 96 valence electrons. The van der Waals surface area contributed by atoms with Crippen molar-refractivity contribution in [2.45, 2.75) is 26.9 Å². The summed E-state index contributed by atoms with van der Waals surface area (Å²) in [5, 5.41) is 3.90. The van der Waals surface area contributed by atoms with Crippen molar-refractivity contribution < 1.29 is 9.26 Å². The zero-order valence-electron chi connectivity index (χ0n) is 11.0. The third-order valence-electron chi connectivity index (χ3n) is 2.92. The van der Waals surface area contributed by atoms with E-state index in [1.807, 2.05) is 32.9 Å². The summed E-state index contributed by atoms with van der Waals surface area (Å²) in [6.45, 7) is 5.82. The maximum Gasteiger partial charge on any atom is 0.260 e. The lowest BCUT2D eigenvalue weighted by Crippen LogP contribution is -1.98. The van der Waals surface area contributed by atoms with Crippen LogP contribution in [0.25, 0.3) is 11.5 Å². The molecule has 0 spiro atoms. The van der Waals surface area contributed by atoms with E-state index in [1.165, 1.54) is 0 Å². The Kier molecular flexibility index (Phi) is 3.34. The summed E-state index contributed by atoms with van der Waals surface area (Å²) in [6.07, 6.45) is -0.199. The average Bonchev–Trinajstić information content (AvgIpc) is 2.82. The Labute approximate surface area is 106 Å². The molecule has 0 amide bonds. The number of benzene rings is 1. The first-order chi connectivity index (χ1) is 8.52. The van der Waals surface area contributed by atoms with Crippen molar-refractivity contribution in [2.24, 2.45) is 0 Å². The summed E-state index contributed by atoms with van der Waals surface area (Å²) >= 11 is 0. The molecule has 1 heterocycles. The largest absolute Gasteiger partial charge is 0.398 e. The lowest BCUT2D eigenvalue weighted by Gasteiger charge is -2.06. The molecule has 2 aromatic rings. The Hall–Kier alpha value is -1.88. The lowest BCUT2D eigenvalue weighted by atomic mass is 10.0. The molecule has 2 rings (SSSR count). The summed E-state index contributed by atoms with van der Waals surface area (Å²) in [4.78, 5) is 4.31. The molecule has 1 aromatic carbocycles. The van der Waals surface area contributed by atoms with Gasteiger partial charge in [-0.05, 0) is 38.0 Å². The van der Waals surface area contributed by atoms with Crippen LogP contribution in [0.1, 0.15) is 30.0 Å². The van der Waals surface area contributed by atoms with Gasteiger partial charge in [-0.2, -0.15) is 4.98 Å². The van der Waals surface area contributed by atoms with E-state index in [1.54, 1.807) is 7.11 Å². The maximum absolute atomic E-state index is 6.04. The van der Waals surface area contributed by atoms with E-state index < -0.39 is 0 Å². The van der Waals surface area contributed by atoms with Gasteiger partial charge in [0.1, 0.15) is 6.10 Å². The van der Waals surface area contributed by atoms with Crippen molar-refractivity contribution in [1.29, 1.82) is 0 Å². The third-order valence-corrected chi connectivity index (χ3v) is 2.92. The van der Waals surface area contributed by atoms with Crippen LogP contribution in [0, 0.1) is 13.8 Å². The normalized spacial score (nSPS) is 12.7. The minimum atomic E-state index is -0.199. The molecule has 0 aliphatic heterocycles. The van der Waals surface area contributed by atoms with E-state index in [0.29, 0.717) is 17.4 Å². The van der Waals surface area contributed by atoms with E-state index in [9.17, 15) is 0 Å². The number of nitrogens with two attached hydrogens (primary N) is 1. The van der Waals surface area contributed by atoms with Crippen LogP contribution in [0.2, 0.25) is 0 Å². The second-order valence-electron chi connectivity index (χ2n) is 4.38. The second-order valence-corrected chi connectivity index (χ2v) is 4.38. The van der Waals surface area contributed by atoms with Gasteiger partial charge in [0.25, 0.3) is 5.89 Å². The van der Waals surface area contributed by atoms with Crippen LogP contribution < -0.4 is 5.73 Å². The SMILES string of the molecule is COC(C)c1noc(-c2cc(C)cc(C)c2N)n1. The number of methoxy groups -OCH3 is 1. The highest BCUT2D eigenvalue weighted by Crippen LogP contribution is 2.29. The quantitative estimate of drug-likeness (QED) is 0.844. The molecule has 1 atom stereocenters. The van der Waals surface area contributed by atoms with Crippen molar-refractivity contribution in [3.05, 3.63) is 29.1 Å². The number of nitrogens with zero attached hydrogens (tertiary/aromatic N) is 2. The first-order valence-electron chi connectivity index (χ1n) is 5.76. The fraction of sp³-hybridized carbons (Fsp3) is 0.385. The summed E-state index contributed by atoms with van der Waals surface area (Å²) in [5.41, 5.74) is 9.59. The van der Waals surface area contributed by atoms with Crippen molar-refractivity contribution >= 4 is 5.69 Å². The summed E-state index contributed by atoms with van der Waals surface area (Å²) in [7, 11) is 1.60. The van der Waals surface area contributed by atoms with Crippen LogP contribution in [0.4, 0.5) is 5.69 Å². The van der Waals surface area contributed by atoms with Crippen LogP contribution >= 0.6 is 0 Å². The molecular weight excluding hydrogens is 230 g/mol. The van der Waals surface area contributed by atoms with Gasteiger partial charge in [-0.3, -0.25) is 0 Å². The minimum absolute atomic E-state index is 0.199. The minimum Gasteiger partial charge on any atom is -0.398 e. The predicted octanol–water partition coefficient (Wildman–Crippen LogP) is 2.64. The van der Waals surface area contributed by atoms with Gasteiger partial charge in [-0.1, -0.05) is 11.2 Å². The van der Waals surface area contributed by atoms with Gasteiger partial charge in [-0.15, -0.1) is 0 Å². The van der Waals surface area contributed by atoms with Crippen molar-refractivity contribution in [1.82, 2.24) is 10.1 Å². The number of anilines is 1. The van der Waals surface area contributed by atoms with Gasteiger partial charge >= 0.3 is 0 Å². The Morgan fingerprint density at radius 1 is 1.33 bits per heavy atom. The third kappa shape index (κ3) is 2.22. The number of rotatable bonds is 3. The molecule has 5 heteroatoms. The molecule has 1 aromatic heterocycles. The maximum atomic E-state index is 6.04. The van der Waals surface area contributed by atoms with Crippen LogP contribution in [0.5, 0.6) is 0 Å². The lowest BCUT2D eigenvalue weighted by molar-refractivity contribution is 0.109. The van der Waals surface area contributed by atoms with Crippen molar-refractivity contribution in [3.8, 4) is 11.5 Å². The predicted molar refractivity (Wildman–Crippen MR) is 69.0 cm³/mol. The number of nitrogen functional groups attached to an aromatic ring is 1. The zero-order chi connectivity index (χ0) is 13.3. The zero-order valence-corrected chi connectivity index (χ0v) is 11.0. The van der Waals surface area contributed by atoms with E-state index in [2.05, 4.69) is 10.1 Å². The molecule has 18 heavy (non-hydrogen) atoms. The molecule has 0 aliphatic carbocycles. The molecule has 2 N–H and O–H groups in total. The Morgan fingerprint density at radius 3 is 2.72 bits per heavy atom. The monoisotopic (exact) mass is 247 g/mol. The smallest absolute Gasteiger partial charge is 0.260 e. The number of hydrogen-bond donors (Lipinski definition) is 1. The summed E-state index contributed by atoms with van der Waals surface area (Å²) in [5.74, 6) is 0.948. The summed E-state index contributed by atoms with van der Waals surface area (Å²) in [6, 6.07) is 3.96. The van der Waals surface area contributed by atoms with Gasteiger partial charge < -0.3 is 15.0 Å². The highest BCUT2D eigenvalue weighted by Gasteiger charge is 2.16. The molecule has 0 radical (unpaired) electrons. The highest BCUT2D eigenvalue weighted by atomic mass is 16.5. The Bertz CT molecular complexity index is 563. The fourth-order valence-corrected chi connectivity index (χ4v) is 1.77. The average molecular weight is 247 g/mol. The molecule has 0 aliphatic rings. The molecule has 0 saturated carbocycles. The number of ether oxygens (including phenoxy) is 1. The van der Waals surface area contributed by atoms with Gasteiger partial charge in [0.15, 0.2) is 0 Å². The first-order valence-corrected chi connectivity index (χ1v) is 5.76. The molecular formula is C13H17N3O2. The molecule has 5 nitrogen and oxygen atoms in total. The fourth-order valence-electron chi connectivity index (χ4n) is 1.77. The Balaban J connectivity index is 2.46. The van der Waals surface area contributed by atoms with E-state index in [-0.39, 0.29) is 6.10 Å². The summed E-state index contributed by atoms with van der Waals surface area (Å²) < 4.78 is 10.4. The van der Waals surface area contributed by atoms with Gasteiger partial charge in [0.05, 0.1) is 5.56 Å². The topological polar surface area (TPSA) is 74.2 Å². The van der Waals surface area contributed by atoms with Crippen molar-refractivity contribution in [3.63, 3.8) is 0 Å².